The van der Waals surface area contributed by atoms with Crippen molar-refractivity contribution in [1.82, 2.24) is 14.2 Å². The van der Waals surface area contributed by atoms with Gasteiger partial charge in [-0.3, -0.25) is 9.69 Å². The lowest BCUT2D eigenvalue weighted by Gasteiger charge is -2.32. The van der Waals surface area contributed by atoms with Gasteiger partial charge in [0.05, 0.1) is 30.3 Å². The van der Waals surface area contributed by atoms with E-state index >= 15 is 0 Å². The van der Waals surface area contributed by atoms with E-state index in [0.717, 1.165) is 11.1 Å². The Hall–Kier alpha value is -2.43. The summed E-state index contributed by atoms with van der Waals surface area (Å²) in [7, 11) is 0. The van der Waals surface area contributed by atoms with Crippen molar-refractivity contribution in [3.05, 3.63) is 41.7 Å². The van der Waals surface area contributed by atoms with Gasteiger partial charge in [-0.05, 0) is 12.1 Å². The second-order valence-electron chi connectivity index (χ2n) is 6.85. The van der Waals surface area contributed by atoms with Crippen LogP contribution in [0.1, 0.15) is 17.5 Å². The van der Waals surface area contributed by atoms with E-state index in [2.05, 4.69) is 6.07 Å². The first-order valence-electron chi connectivity index (χ1n) is 8.90. The zero-order chi connectivity index (χ0) is 18.1. The monoisotopic (exact) mass is 356 g/mol. The van der Waals surface area contributed by atoms with Crippen molar-refractivity contribution in [2.45, 2.75) is 25.2 Å². The van der Waals surface area contributed by atoms with Crippen LogP contribution < -0.4 is 0 Å². The number of halogens is 1. The van der Waals surface area contributed by atoms with Crippen LogP contribution in [0.4, 0.5) is 4.39 Å². The molecule has 0 radical (unpaired) electrons. The van der Waals surface area contributed by atoms with E-state index in [9.17, 15) is 14.4 Å². The predicted octanol–water partition coefficient (Wildman–Crippen LogP) is 1.58. The summed E-state index contributed by atoms with van der Waals surface area (Å²) in [6.07, 6.45) is 2.98. The number of hydrogen-bond acceptors (Lipinski definition) is 4. The third kappa shape index (κ3) is 3.06. The highest BCUT2D eigenvalue weighted by atomic mass is 19.1. The van der Waals surface area contributed by atoms with Crippen LogP contribution in [-0.4, -0.2) is 65.2 Å². The van der Waals surface area contributed by atoms with Gasteiger partial charge in [0, 0.05) is 50.6 Å². The first kappa shape index (κ1) is 17.0. The lowest BCUT2D eigenvalue weighted by Crippen LogP contribution is -2.49. The van der Waals surface area contributed by atoms with Gasteiger partial charge in [-0.1, -0.05) is 6.07 Å². The van der Waals surface area contributed by atoms with Crippen molar-refractivity contribution >= 4 is 11.4 Å². The topological polar surface area (TPSA) is 61.0 Å². The smallest absolute Gasteiger partial charge is 0.240 e. The summed E-state index contributed by atoms with van der Waals surface area (Å²) in [6, 6.07) is 7.46. The zero-order valence-corrected chi connectivity index (χ0v) is 14.5. The highest BCUT2D eigenvalue weighted by Crippen LogP contribution is 2.27. The molecule has 26 heavy (non-hydrogen) atoms. The van der Waals surface area contributed by atoms with Crippen LogP contribution in [0.5, 0.6) is 0 Å². The molecule has 0 saturated carbocycles. The fourth-order valence-electron chi connectivity index (χ4n) is 3.92. The maximum Gasteiger partial charge on any atom is 0.240 e. The third-order valence-electron chi connectivity index (χ3n) is 5.21. The van der Waals surface area contributed by atoms with Crippen LogP contribution >= 0.6 is 0 Å². The number of pyridine rings is 1. The Bertz CT molecular complexity index is 853. The summed E-state index contributed by atoms with van der Waals surface area (Å²) in [5.74, 6) is -0.0317. The van der Waals surface area contributed by atoms with Crippen molar-refractivity contribution in [1.29, 1.82) is 5.26 Å². The summed E-state index contributed by atoms with van der Waals surface area (Å²) in [4.78, 5) is 16.5. The van der Waals surface area contributed by atoms with Crippen LogP contribution in [0.2, 0.25) is 0 Å². The van der Waals surface area contributed by atoms with Crippen molar-refractivity contribution in [3.63, 3.8) is 0 Å². The summed E-state index contributed by atoms with van der Waals surface area (Å²) < 4.78 is 21.3. The van der Waals surface area contributed by atoms with Crippen molar-refractivity contribution in [2.24, 2.45) is 0 Å². The molecule has 2 fully saturated rings. The molecule has 6 nitrogen and oxygen atoms in total. The minimum Gasteiger partial charge on any atom is -0.378 e. The Morgan fingerprint density at radius 3 is 2.92 bits per heavy atom. The molecule has 2 aliphatic rings. The van der Waals surface area contributed by atoms with E-state index in [4.69, 9.17) is 4.74 Å². The van der Waals surface area contributed by atoms with Crippen molar-refractivity contribution in [2.75, 3.05) is 32.8 Å². The Kier molecular flexibility index (Phi) is 4.62. The van der Waals surface area contributed by atoms with E-state index in [-0.39, 0.29) is 18.9 Å². The largest absolute Gasteiger partial charge is 0.378 e. The van der Waals surface area contributed by atoms with E-state index in [1.54, 1.807) is 4.90 Å². The number of carbonyl (C=O) groups is 1. The molecule has 0 N–H and O–H groups in total. The maximum absolute atomic E-state index is 14.1. The number of fused-ring (bicyclic) bond motifs is 1. The number of aromatic nitrogens is 1. The number of hydrogen-bond donors (Lipinski definition) is 0. The molecule has 0 bridgehead atoms. The van der Waals surface area contributed by atoms with Crippen molar-refractivity contribution < 1.29 is 13.9 Å². The molecule has 2 aromatic heterocycles. The number of rotatable bonds is 3. The predicted molar refractivity (Wildman–Crippen MR) is 93.2 cm³/mol. The number of amides is 1. The van der Waals surface area contributed by atoms with E-state index < -0.39 is 12.2 Å². The molecule has 2 aromatic rings. The van der Waals surface area contributed by atoms with Crippen LogP contribution in [0, 0.1) is 11.3 Å². The quantitative estimate of drug-likeness (QED) is 0.838. The molecular formula is C19H21FN4O2. The molecule has 0 aliphatic carbocycles. The lowest BCUT2D eigenvalue weighted by atomic mass is 10.1. The van der Waals surface area contributed by atoms with E-state index in [0.29, 0.717) is 38.4 Å². The molecule has 2 atom stereocenters. The number of nitrogens with zero attached hydrogens (tertiary/aromatic N) is 4. The number of alkyl halides is 1. The third-order valence-corrected chi connectivity index (χ3v) is 5.21. The van der Waals surface area contributed by atoms with Crippen LogP contribution in [0.25, 0.3) is 5.52 Å². The number of nitriles is 1. The molecule has 2 saturated heterocycles. The molecule has 0 unspecified atom stereocenters. The van der Waals surface area contributed by atoms with Gasteiger partial charge in [0.1, 0.15) is 12.2 Å². The van der Waals surface area contributed by atoms with Gasteiger partial charge in [-0.25, -0.2) is 4.39 Å². The van der Waals surface area contributed by atoms with Crippen LogP contribution in [0.15, 0.2) is 30.6 Å². The van der Waals surface area contributed by atoms with Gasteiger partial charge in [0.2, 0.25) is 5.91 Å². The van der Waals surface area contributed by atoms with Gasteiger partial charge in [-0.15, -0.1) is 0 Å². The minimum absolute atomic E-state index is 0.0317. The number of morpholine rings is 1. The first-order chi connectivity index (χ1) is 12.7. The standard InChI is InChI=1S/C19H21FN4O2/c20-15-9-18(19(25)22-5-7-26-8-6-22)24(13-15)12-14-11-23-4-2-1-3-17(23)16(14)10-21/h1-4,11,15,18H,5-9,12-13H2/t15-,18+/m1/s1. The van der Waals surface area contributed by atoms with Crippen LogP contribution in [-0.2, 0) is 16.1 Å². The average Bonchev–Trinajstić information content (AvgIpc) is 3.21. The van der Waals surface area contributed by atoms with E-state index in [1.807, 2.05) is 39.9 Å². The van der Waals surface area contributed by atoms with Gasteiger partial charge in [0.15, 0.2) is 0 Å². The maximum atomic E-state index is 14.1. The zero-order valence-electron chi connectivity index (χ0n) is 14.5. The molecular weight excluding hydrogens is 335 g/mol. The summed E-state index contributed by atoms with van der Waals surface area (Å²) in [6.45, 7) is 2.78. The SMILES string of the molecule is N#Cc1c(CN2C[C@H](F)C[C@H]2C(=O)N2CCOCC2)cn2ccccc12. The van der Waals surface area contributed by atoms with Gasteiger partial charge in [-0.2, -0.15) is 5.26 Å². The molecule has 2 aliphatic heterocycles. The molecule has 7 heteroatoms. The minimum atomic E-state index is -1.02. The second kappa shape index (κ2) is 7.06. The van der Waals surface area contributed by atoms with Gasteiger partial charge >= 0.3 is 0 Å². The Labute approximate surface area is 151 Å². The Balaban J connectivity index is 1.58. The highest BCUT2D eigenvalue weighted by Gasteiger charge is 2.39. The first-order valence-corrected chi connectivity index (χ1v) is 8.90. The molecule has 4 rings (SSSR count). The lowest BCUT2D eigenvalue weighted by molar-refractivity contribution is -0.140. The molecule has 1 amide bonds. The fourth-order valence-corrected chi connectivity index (χ4v) is 3.92. The summed E-state index contributed by atoms with van der Waals surface area (Å²) >= 11 is 0. The molecule has 0 spiro atoms. The van der Waals surface area contributed by atoms with Gasteiger partial charge in [0.25, 0.3) is 0 Å². The molecule has 4 heterocycles. The van der Waals surface area contributed by atoms with Gasteiger partial charge < -0.3 is 14.0 Å². The van der Waals surface area contributed by atoms with Crippen molar-refractivity contribution in [3.8, 4) is 6.07 Å². The highest BCUT2D eigenvalue weighted by molar-refractivity contribution is 5.82. The average molecular weight is 356 g/mol. The Morgan fingerprint density at radius 2 is 2.15 bits per heavy atom. The van der Waals surface area contributed by atoms with E-state index in [1.165, 1.54) is 0 Å². The number of ether oxygens (including phenoxy) is 1. The fraction of sp³-hybridized carbons (Fsp3) is 0.474. The molecule has 0 aromatic carbocycles. The number of likely N-dealkylation sites (tertiary alicyclic amines) is 1. The van der Waals surface area contributed by atoms with Crippen LogP contribution in [0.3, 0.4) is 0 Å². The number of carbonyl (C=O) groups excluding carboxylic acids is 1. The second-order valence-corrected chi connectivity index (χ2v) is 6.85. The normalized spacial score (nSPS) is 24.1. The molecule has 136 valence electrons. The summed E-state index contributed by atoms with van der Waals surface area (Å²) in [5.41, 5.74) is 2.25. The summed E-state index contributed by atoms with van der Waals surface area (Å²) in [5, 5.41) is 9.57. The Morgan fingerprint density at radius 1 is 1.35 bits per heavy atom.